The van der Waals surface area contributed by atoms with Gasteiger partial charge in [-0.05, 0) is 6.92 Å². The Morgan fingerprint density at radius 2 is 2.43 bits per heavy atom. The summed E-state index contributed by atoms with van der Waals surface area (Å²) in [6.07, 6.45) is 0.811. The van der Waals surface area contributed by atoms with Crippen molar-refractivity contribution >= 4 is 17.6 Å². The van der Waals surface area contributed by atoms with E-state index in [1.807, 2.05) is 18.8 Å². The van der Waals surface area contributed by atoms with E-state index in [0.717, 1.165) is 24.6 Å². The van der Waals surface area contributed by atoms with Crippen molar-refractivity contribution in [3.63, 3.8) is 0 Å². The normalized spacial score (nSPS) is 31.7. The Bertz CT molecular complexity index is 222. The molecule has 0 saturated carbocycles. The monoisotopic (exact) mass is 217 g/mol. The van der Waals surface area contributed by atoms with Crippen LogP contribution in [0.1, 0.15) is 13.3 Å². The quantitative estimate of drug-likeness (QED) is 0.655. The molecule has 1 rings (SSSR count). The summed E-state index contributed by atoms with van der Waals surface area (Å²) in [5.74, 6) is 2.06. The van der Waals surface area contributed by atoms with Crippen LogP contribution in [0, 0.1) is 0 Å². The maximum absolute atomic E-state index is 9.33. The van der Waals surface area contributed by atoms with Gasteiger partial charge in [0.05, 0.1) is 6.61 Å². The van der Waals surface area contributed by atoms with Crippen LogP contribution in [-0.2, 0) is 0 Å². The molecule has 0 unspecified atom stereocenters. The Labute approximate surface area is 89.7 Å². The summed E-state index contributed by atoms with van der Waals surface area (Å²) in [6.45, 7) is 3.27. The molecule has 0 bridgehead atoms. The lowest BCUT2D eigenvalue weighted by molar-refractivity contribution is 0.258. The van der Waals surface area contributed by atoms with Crippen molar-refractivity contribution in [2.24, 2.45) is 5.10 Å². The van der Waals surface area contributed by atoms with Gasteiger partial charge in [-0.2, -0.15) is 16.9 Å². The molecule has 1 aliphatic rings. The molecule has 1 saturated heterocycles. The fourth-order valence-electron chi connectivity index (χ4n) is 1.43. The molecular weight excluding hydrogens is 198 g/mol. The number of amidine groups is 1. The third-order valence-corrected chi connectivity index (χ3v) is 3.78. The second kappa shape index (κ2) is 4.89. The molecular formula is C9H19N3OS. The minimum absolute atomic E-state index is 0.0829. The Kier molecular flexibility index (Phi) is 4.07. The molecule has 0 aromatic rings. The lowest BCUT2D eigenvalue weighted by atomic mass is 10.1. The Balaban J connectivity index is 2.77. The fraction of sp³-hybridized carbons (Fsp3) is 0.889. The van der Waals surface area contributed by atoms with Gasteiger partial charge in [-0.15, -0.1) is 0 Å². The summed E-state index contributed by atoms with van der Waals surface area (Å²) in [7, 11) is 3.84. The van der Waals surface area contributed by atoms with E-state index in [1.54, 1.807) is 7.05 Å². The van der Waals surface area contributed by atoms with Crippen molar-refractivity contribution in [2.45, 2.75) is 18.1 Å². The van der Waals surface area contributed by atoms with Crippen LogP contribution in [-0.4, -0.2) is 53.6 Å². The molecule has 14 heavy (non-hydrogen) atoms. The summed E-state index contributed by atoms with van der Waals surface area (Å²) < 4.78 is -0.0829. The molecule has 5 heteroatoms. The van der Waals surface area contributed by atoms with Gasteiger partial charge in [0.1, 0.15) is 5.84 Å². The van der Waals surface area contributed by atoms with E-state index in [-0.39, 0.29) is 11.4 Å². The highest BCUT2D eigenvalue weighted by Crippen LogP contribution is 2.31. The number of aliphatic hydroxyl groups is 1. The third-order valence-electron chi connectivity index (χ3n) is 2.43. The van der Waals surface area contributed by atoms with Gasteiger partial charge in [0, 0.05) is 37.6 Å². The Morgan fingerprint density at radius 1 is 1.71 bits per heavy atom. The van der Waals surface area contributed by atoms with Gasteiger partial charge >= 0.3 is 0 Å². The highest BCUT2D eigenvalue weighted by molar-refractivity contribution is 8.00. The molecule has 0 aromatic carbocycles. The van der Waals surface area contributed by atoms with Crippen molar-refractivity contribution in [1.82, 2.24) is 10.3 Å². The zero-order chi connectivity index (χ0) is 10.6. The van der Waals surface area contributed by atoms with E-state index < -0.39 is 0 Å². The molecule has 1 heterocycles. The van der Waals surface area contributed by atoms with Crippen LogP contribution >= 0.6 is 11.8 Å². The predicted octanol–water partition coefficient (Wildman–Crippen LogP) is 0.339. The van der Waals surface area contributed by atoms with Crippen LogP contribution in [0.15, 0.2) is 5.10 Å². The largest absolute Gasteiger partial charge is 0.395 e. The molecule has 0 amide bonds. The first-order valence-electron chi connectivity index (χ1n) is 4.80. The lowest BCUT2D eigenvalue weighted by Gasteiger charge is -2.25. The number of nitrogens with one attached hydrogen (secondary N) is 1. The predicted molar refractivity (Wildman–Crippen MR) is 61.7 cm³/mol. The molecule has 4 nitrogen and oxygen atoms in total. The molecule has 1 fully saturated rings. The molecule has 0 radical (unpaired) electrons. The highest BCUT2D eigenvalue weighted by atomic mass is 32.2. The summed E-state index contributed by atoms with van der Waals surface area (Å²) in [5.41, 5.74) is 2.81. The first-order valence-corrected chi connectivity index (χ1v) is 5.79. The van der Waals surface area contributed by atoms with Crippen molar-refractivity contribution < 1.29 is 5.11 Å². The number of hydrazone groups is 1. The second-order valence-electron chi connectivity index (χ2n) is 3.81. The van der Waals surface area contributed by atoms with Crippen LogP contribution < -0.4 is 5.43 Å². The number of rotatable bonds is 2. The number of aliphatic hydroxyl groups excluding tert-OH is 1. The minimum atomic E-state index is -0.0829. The maximum atomic E-state index is 9.33. The first-order chi connectivity index (χ1) is 6.61. The number of hydrogen-bond acceptors (Lipinski definition) is 4. The van der Waals surface area contributed by atoms with E-state index in [4.69, 9.17) is 0 Å². The second-order valence-corrected chi connectivity index (χ2v) is 5.49. The average molecular weight is 217 g/mol. The summed E-state index contributed by atoms with van der Waals surface area (Å²) in [6, 6.07) is 0. The summed E-state index contributed by atoms with van der Waals surface area (Å²) >= 11 is 1.82. The van der Waals surface area contributed by atoms with E-state index >= 15 is 0 Å². The minimum Gasteiger partial charge on any atom is -0.395 e. The van der Waals surface area contributed by atoms with E-state index in [2.05, 4.69) is 22.4 Å². The van der Waals surface area contributed by atoms with Gasteiger partial charge in [-0.1, -0.05) is 0 Å². The molecule has 0 spiro atoms. The van der Waals surface area contributed by atoms with Crippen LogP contribution in [0.25, 0.3) is 0 Å². The smallest absolute Gasteiger partial charge is 0.125 e. The standard InChI is InChI=1S/C9H19N3OS/c1-9(7-13)6-8(11-10-2)12(3)4-5-14-9/h10,13H,4-7H2,1-3H3/b11-8-/t9-/m0/s1. The fourth-order valence-corrected chi connectivity index (χ4v) is 2.61. The summed E-state index contributed by atoms with van der Waals surface area (Å²) in [4.78, 5) is 2.14. The van der Waals surface area contributed by atoms with E-state index in [1.165, 1.54) is 0 Å². The first kappa shape index (κ1) is 11.7. The van der Waals surface area contributed by atoms with Gasteiger partial charge < -0.3 is 15.4 Å². The van der Waals surface area contributed by atoms with Gasteiger partial charge in [0.2, 0.25) is 0 Å². The van der Waals surface area contributed by atoms with Crippen LogP contribution in [0.4, 0.5) is 0 Å². The summed E-state index contributed by atoms with van der Waals surface area (Å²) in [5, 5.41) is 13.6. The van der Waals surface area contributed by atoms with Crippen molar-refractivity contribution in [2.75, 3.05) is 33.0 Å². The van der Waals surface area contributed by atoms with Crippen LogP contribution in [0.3, 0.4) is 0 Å². The molecule has 1 atom stereocenters. The van der Waals surface area contributed by atoms with Crippen LogP contribution in [0.2, 0.25) is 0 Å². The topological polar surface area (TPSA) is 47.9 Å². The number of thioether (sulfide) groups is 1. The number of hydrogen-bond donors (Lipinski definition) is 2. The molecule has 1 aliphatic heterocycles. The molecule has 82 valence electrons. The average Bonchev–Trinajstić information content (AvgIpc) is 2.29. The zero-order valence-corrected chi connectivity index (χ0v) is 9.89. The molecule has 0 aliphatic carbocycles. The van der Waals surface area contributed by atoms with Crippen LogP contribution in [0.5, 0.6) is 0 Å². The Morgan fingerprint density at radius 3 is 3.00 bits per heavy atom. The Hall–Kier alpha value is -0.420. The van der Waals surface area contributed by atoms with Gasteiger partial charge in [0.15, 0.2) is 0 Å². The third kappa shape index (κ3) is 2.78. The van der Waals surface area contributed by atoms with Gasteiger partial charge in [0.25, 0.3) is 0 Å². The van der Waals surface area contributed by atoms with Gasteiger partial charge in [-0.3, -0.25) is 0 Å². The van der Waals surface area contributed by atoms with E-state index in [0.29, 0.717) is 0 Å². The molecule has 2 N–H and O–H groups in total. The van der Waals surface area contributed by atoms with Gasteiger partial charge in [-0.25, -0.2) is 0 Å². The van der Waals surface area contributed by atoms with Crippen molar-refractivity contribution in [3.05, 3.63) is 0 Å². The maximum Gasteiger partial charge on any atom is 0.125 e. The van der Waals surface area contributed by atoms with E-state index in [9.17, 15) is 5.11 Å². The highest BCUT2D eigenvalue weighted by Gasteiger charge is 2.30. The number of nitrogens with zero attached hydrogens (tertiary/aromatic N) is 2. The zero-order valence-electron chi connectivity index (χ0n) is 9.08. The molecule has 0 aromatic heterocycles. The SMILES string of the molecule is CN/N=C1/C[C@@](C)(CO)SCCN1C. The lowest BCUT2D eigenvalue weighted by Crippen LogP contribution is -2.34. The van der Waals surface area contributed by atoms with Crippen molar-refractivity contribution in [1.29, 1.82) is 0 Å². The van der Waals surface area contributed by atoms with Crippen molar-refractivity contribution in [3.8, 4) is 0 Å².